The highest BCUT2D eigenvalue weighted by molar-refractivity contribution is 7.89. The van der Waals surface area contributed by atoms with Gasteiger partial charge in [0.15, 0.2) is 0 Å². The molecule has 2 heterocycles. The van der Waals surface area contributed by atoms with Crippen molar-refractivity contribution >= 4 is 10.0 Å². The Morgan fingerprint density at radius 3 is 2.55 bits per heavy atom. The van der Waals surface area contributed by atoms with Gasteiger partial charge in [0.2, 0.25) is 21.8 Å². The van der Waals surface area contributed by atoms with Crippen LogP contribution in [0.5, 0.6) is 11.5 Å². The summed E-state index contributed by atoms with van der Waals surface area (Å²) in [5.74, 6) is 1.44. The molecule has 164 valence electrons. The summed E-state index contributed by atoms with van der Waals surface area (Å²) in [4.78, 5) is 0.0841. The zero-order valence-electron chi connectivity index (χ0n) is 17.7. The Kier molecular flexibility index (Phi) is 5.97. The molecule has 0 N–H and O–H groups in total. The van der Waals surface area contributed by atoms with Crippen molar-refractivity contribution in [1.82, 2.24) is 14.5 Å². The molecular weight excluding hydrogens is 418 g/mol. The van der Waals surface area contributed by atoms with Gasteiger partial charge in [0.25, 0.3) is 0 Å². The molecule has 4 rings (SSSR count). The first-order valence-electron chi connectivity index (χ1n) is 10.0. The molecule has 0 bridgehead atoms. The highest BCUT2D eigenvalue weighted by Crippen LogP contribution is 2.35. The zero-order valence-corrected chi connectivity index (χ0v) is 18.6. The van der Waals surface area contributed by atoms with E-state index in [4.69, 9.17) is 13.9 Å². The van der Waals surface area contributed by atoms with Crippen molar-refractivity contribution in [2.24, 2.45) is 0 Å². The van der Waals surface area contributed by atoms with E-state index in [-0.39, 0.29) is 23.1 Å². The molecule has 0 aliphatic carbocycles. The third kappa shape index (κ3) is 4.28. The highest BCUT2D eigenvalue weighted by atomic mass is 32.2. The Labute approximate surface area is 181 Å². The third-order valence-electron chi connectivity index (χ3n) is 5.46. The summed E-state index contributed by atoms with van der Waals surface area (Å²) in [6.07, 6.45) is 1.47. The summed E-state index contributed by atoms with van der Waals surface area (Å²) in [6.45, 7) is 2.69. The van der Waals surface area contributed by atoms with Gasteiger partial charge in [-0.2, -0.15) is 4.31 Å². The van der Waals surface area contributed by atoms with E-state index in [1.807, 2.05) is 31.2 Å². The number of piperidine rings is 1. The smallest absolute Gasteiger partial charge is 0.247 e. The summed E-state index contributed by atoms with van der Waals surface area (Å²) < 4.78 is 44.6. The standard InChI is InChI=1S/C22H25N3O5S/c1-15-6-8-16(9-7-15)21-23-24-22(30-21)17-5-4-12-25(14-17)31(26,27)20-13-18(28-2)10-11-19(20)29-3/h6-11,13,17H,4-5,12,14H2,1-3H3/t17-/m0/s1. The Bertz CT molecular complexity index is 1160. The number of benzene rings is 2. The van der Waals surface area contributed by atoms with Crippen molar-refractivity contribution in [3.8, 4) is 23.0 Å². The molecular formula is C22H25N3O5S. The van der Waals surface area contributed by atoms with Gasteiger partial charge < -0.3 is 13.9 Å². The third-order valence-corrected chi connectivity index (χ3v) is 7.35. The van der Waals surface area contributed by atoms with E-state index in [2.05, 4.69) is 10.2 Å². The van der Waals surface area contributed by atoms with Gasteiger partial charge in [0.05, 0.1) is 20.1 Å². The number of nitrogens with zero attached hydrogens (tertiary/aromatic N) is 3. The van der Waals surface area contributed by atoms with E-state index in [0.717, 1.165) is 17.5 Å². The van der Waals surface area contributed by atoms with Crippen LogP contribution in [0.25, 0.3) is 11.5 Å². The largest absolute Gasteiger partial charge is 0.497 e. The number of ether oxygens (including phenoxy) is 2. The lowest BCUT2D eigenvalue weighted by molar-refractivity contribution is 0.285. The molecule has 0 amide bonds. The lowest BCUT2D eigenvalue weighted by Gasteiger charge is -2.30. The molecule has 3 aromatic rings. The second kappa shape index (κ2) is 8.68. The first kappa shape index (κ1) is 21.3. The molecule has 9 heteroatoms. The molecule has 0 saturated carbocycles. The van der Waals surface area contributed by atoms with Gasteiger partial charge >= 0.3 is 0 Å². The van der Waals surface area contributed by atoms with Gasteiger partial charge in [0.1, 0.15) is 16.4 Å². The van der Waals surface area contributed by atoms with Crippen LogP contribution in [0, 0.1) is 6.92 Å². The van der Waals surface area contributed by atoms with E-state index < -0.39 is 10.0 Å². The lowest BCUT2D eigenvalue weighted by Crippen LogP contribution is -2.39. The predicted molar refractivity (Wildman–Crippen MR) is 115 cm³/mol. The number of aryl methyl sites for hydroxylation is 1. The fraction of sp³-hybridized carbons (Fsp3) is 0.364. The molecule has 1 aliphatic rings. The second-order valence-corrected chi connectivity index (χ2v) is 9.44. The van der Waals surface area contributed by atoms with Crippen molar-refractivity contribution in [1.29, 1.82) is 0 Å². The number of aromatic nitrogens is 2. The number of rotatable bonds is 6. The first-order valence-corrected chi connectivity index (χ1v) is 11.5. The SMILES string of the molecule is COc1ccc(OC)c(S(=O)(=O)N2CCC[C@H](c3nnc(-c4ccc(C)cc4)o3)C2)c1. The van der Waals surface area contributed by atoms with Crippen LogP contribution in [0.4, 0.5) is 0 Å². The Balaban J connectivity index is 1.58. The minimum atomic E-state index is -3.79. The lowest BCUT2D eigenvalue weighted by atomic mass is 10.00. The first-order chi connectivity index (χ1) is 14.9. The number of methoxy groups -OCH3 is 2. The maximum atomic E-state index is 13.4. The molecule has 0 unspecified atom stereocenters. The Morgan fingerprint density at radius 1 is 1.06 bits per heavy atom. The van der Waals surface area contributed by atoms with Crippen LogP contribution in [0.3, 0.4) is 0 Å². The Hall–Kier alpha value is -2.91. The molecule has 2 aromatic carbocycles. The van der Waals surface area contributed by atoms with Crippen molar-refractivity contribution in [3.63, 3.8) is 0 Å². The average molecular weight is 444 g/mol. The van der Waals surface area contributed by atoms with Crippen LogP contribution in [-0.2, 0) is 10.0 Å². The molecule has 1 saturated heterocycles. The number of sulfonamides is 1. The van der Waals surface area contributed by atoms with Gasteiger partial charge in [0, 0.05) is 24.7 Å². The molecule has 1 fully saturated rings. The van der Waals surface area contributed by atoms with Crippen molar-refractivity contribution in [2.75, 3.05) is 27.3 Å². The van der Waals surface area contributed by atoms with Gasteiger partial charge in [-0.3, -0.25) is 0 Å². The van der Waals surface area contributed by atoms with Crippen LogP contribution in [-0.4, -0.2) is 50.2 Å². The van der Waals surface area contributed by atoms with Crippen molar-refractivity contribution in [2.45, 2.75) is 30.6 Å². The highest BCUT2D eigenvalue weighted by Gasteiger charge is 2.35. The quantitative estimate of drug-likeness (QED) is 0.574. The molecule has 0 spiro atoms. The molecule has 1 aliphatic heterocycles. The van der Waals surface area contributed by atoms with E-state index >= 15 is 0 Å². The van der Waals surface area contributed by atoms with Crippen LogP contribution >= 0.6 is 0 Å². The van der Waals surface area contributed by atoms with Gasteiger partial charge in [-0.1, -0.05) is 17.7 Å². The van der Waals surface area contributed by atoms with E-state index in [9.17, 15) is 8.42 Å². The van der Waals surface area contributed by atoms with Crippen molar-refractivity contribution in [3.05, 3.63) is 53.9 Å². The van der Waals surface area contributed by atoms with Gasteiger partial charge in [-0.05, 0) is 44.0 Å². The second-order valence-electron chi connectivity index (χ2n) is 7.53. The fourth-order valence-corrected chi connectivity index (χ4v) is 5.39. The van der Waals surface area contributed by atoms with Gasteiger partial charge in [-0.15, -0.1) is 10.2 Å². The normalized spacial score (nSPS) is 17.5. The van der Waals surface area contributed by atoms with Crippen LogP contribution in [0.2, 0.25) is 0 Å². The van der Waals surface area contributed by atoms with E-state index in [0.29, 0.717) is 30.5 Å². The van der Waals surface area contributed by atoms with Crippen LogP contribution in [0.1, 0.15) is 30.2 Å². The maximum absolute atomic E-state index is 13.4. The molecule has 1 atom stereocenters. The molecule has 31 heavy (non-hydrogen) atoms. The summed E-state index contributed by atoms with van der Waals surface area (Å²) in [6, 6.07) is 12.6. The number of hydrogen-bond acceptors (Lipinski definition) is 7. The van der Waals surface area contributed by atoms with Gasteiger partial charge in [-0.25, -0.2) is 8.42 Å². The summed E-state index contributed by atoms with van der Waals surface area (Å²) in [5.41, 5.74) is 1.98. The topological polar surface area (TPSA) is 94.8 Å². The summed E-state index contributed by atoms with van der Waals surface area (Å²) >= 11 is 0. The van der Waals surface area contributed by atoms with Crippen LogP contribution in [0.15, 0.2) is 51.8 Å². The van der Waals surface area contributed by atoms with Crippen molar-refractivity contribution < 1.29 is 22.3 Å². The zero-order chi connectivity index (χ0) is 22.0. The van der Waals surface area contributed by atoms with E-state index in [1.165, 1.54) is 24.6 Å². The summed E-state index contributed by atoms with van der Waals surface area (Å²) in [5, 5.41) is 8.37. The van der Waals surface area contributed by atoms with Crippen LogP contribution < -0.4 is 9.47 Å². The van der Waals surface area contributed by atoms with E-state index in [1.54, 1.807) is 12.1 Å². The minimum absolute atomic E-state index is 0.0841. The predicted octanol–water partition coefficient (Wildman–Crippen LogP) is 3.63. The minimum Gasteiger partial charge on any atom is -0.497 e. The molecule has 8 nitrogen and oxygen atoms in total. The number of hydrogen-bond donors (Lipinski definition) is 0. The molecule has 1 aromatic heterocycles. The fourth-order valence-electron chi connectivity index (χ4n) is 3.70. The Morgan fingerprint density at radius 2 is 1.84 bits per heavy atom. The summed E-state index contributed by atoms with van der Waals surface area (Å²) in [7, 11) is -0.844. The molecule has 0 radical (unpaired) electrons. The monoisotopic (exact) mass is 443 g/mol. The average Bonchev–Trinajstić information content (AvgIpc) is 3.29. The maximum Gasteiger partial charge on any atom is 0.247 e.